The third-order valence-electron chi connectivity index (χ3n) is 3.15. The number of anilines is 1. The van der Waals surface area contributed by atoms with Gasteiger partial charge in [-0.2, -0.15) is 0 Å². The molecule has 0 fully saturated rings. The Kier molecular flexibility index (Phi) is 5.60. The number of aromatic nitrogens is 2. The Hall–Kier alpha value is -2.36. The SMILES string of the molecule is CC(=O)OCCN(C)c1cc(SC(C)C)c2nonc2c1[N+](=O)[O-]. The summed E-state index contributed by atoms with van der Waals surface area (Å²) in [5.41, 5.74) is 0.681. The molecule has 0 aliphatic rings. The summed E-state index contributed by atoms with van der Waals surface area (Å²) in [7, 11) is 1.69. The highest BCUT2D eigenvalue weighted by molar-refractivity contribution is 8.00. The van der Waals surface area contributed by atoms with Crippen LogP contribution in [-0.4, -0.2) is 46.7 Å². The Bertz CT molecular complexity index is 761. The smallest absolute Gasteiger partial charge is 0.323 e. The van der Waals surface area contributed by atoms with Crippen LogP contribution in [-0.2, 0) is 9.53 Å². The summed E-state index contributed by atoms with van der Waals surface area (Å²) in [6.45, 7) is 5.77. The fraction of sp³-hybridized carbons (Fsp3) is 0.500. The van der Waals surface area contributed by atoms with Crippen molar-refractivity contribution in [1.29, 1.82) is 0 Å². The number of nitro groups is 1. The molecule has 130 valence electrons. The van der Waals surface area contributed by atoms with Crippen LogP contribution in [0.2, 0.25) is 0 Å². The summed E-state index contributed by atoms with van der Waals surface area (Å²) in [6.07, 6.45) is 0. The van der Waals surface area contributed by atoms with Gasteiger partial charge in [0.1, 0.15) is 12.3 Å². The monoisotopic (exact) mass is 354 g/mol. The molecule has 0 radical (unpaired) electrons. The van der Waals surface area contributed by atoms with Crippen LogP contribution in [0.1, 0.15) is 20.8 Å². The van der Waals surface area contributed by atoms with Gasteiger partial charge in [-0.1, -0.05) is 13.8 Å². The minimum atomic E-state index is -0.506. The van der Waals surface area contributed by atoms with Crippen molar-refractivity contribution in [3.05, 3.63) is 16.2 Å². The predicted octanol–water partition coefficient (Wildman–Crippen LogP) is 2.63. The predicted molar refractivity (Wildman–Crippen MR) is 89.4 cm³/mol. The first-order valence-corrected chi connectivity index (χ1v) is 8.14. The molecule has 1 heterocycles. The van der Waals surface area contributed by atoms with Gasteiger partial charge in [-0.3, -0.25) is 14.9 Å². The van der Waals surface area contributed by atoms with Crippen molar-refractivity contribution >= 4 is 40.1 Å². The number of carbonyl (C=O) groups is 1. The third-order valence-corrected chi connectivity index (χ3v) is 4.18. The Balaban J connectivity index is 2.47. The molecule has 0 atom stereocenters. The Morgan fingerprint density at radius 1 is 1.46 bits per heavy atom. The van der Waals surface area contributed by atoms with Gasteiger partial charge >= 0.3 is 11.7 Å². The summed E-state index contributed by atoms with van der Waals surface area (Å²) in [5.74, 6) is -0.398. The van der Waals surface area contributed by atoms with E-state index in [1.807, 2.05) is 13.8 Å². The zero-order valence-electron chi connectivity index (χ0n) is 13.8. The molecule has 0 N–H and O–H groups in total. The van der Waals surface area contributed by atoms with E-state index in [4.69, 9.17) is 9.37 Å². The summed E-state index contributed by atoms with van der Waals surface area (Å²) in [4.78, 5) is 24.3. The molecule has 9 nitrogen and oxygen atoms in total. The van der Waals surface area contributed by atoms with Gasteiger partial charge in [-0.15, -0.1) is 11.8 Å². The van der Waals surface area contributed by atoms with Gasteiger partial charge in [0.15, 0.2) is 5.52 Å². The van der Waals surface area contributed by atoms with Crippen LogP contribution in [0.4, 0.5) is 11.4 Å². The molecule has 10 heteroatoms. The number of hydrogen-bond acceptors (Lipinski definition) is 9. The van der Waals surface area contributed by atoms with E-state index < -0.39 is 10.9 Å². The minimum Gasteiger partial charge on any atom is -0.464 e. The van der Waals surface area contributed by atoms with Crippen molar-refractivity contribution in [2.45, 2.75) is 30.9 Å². The molecule has 1 aromatic heterocycles. The molecule has 0 spiro atoms. The number of hydrogen-bond donors (Lipinski definition) is 0. The zero-order chi connectivity index (χ0) is 17.9. The summed E-state index contributed by atoms with van der Waals surface area (Å²) in [5, 5.41) is 19.3. The highest BCUT2D eigenvalue weighted by Gasteiger charge is 2.28. The van der Waals surface area contributed by atoms with Gasteiger partial charge in [0, 0.05) is 24.1 Å². The second-order valence-corrected chi connectivity index (χ2v) is 7.01. The maximum absolute atomic E-state index is 11.5. The largest absolute Gasteiger partial charge is 0.464 e. The van der Waals surface area contributed by atoms with Crippen LogP contribution < -0.4 is 4.90 Å². The number of fused-ring (bicyclic) bond motifs is 1. The van der Waals surface area contributed by atoms with E-state index in [-0.39, 0.29) is 23.1 Å². The number of benzene rings is 1. The van der Waals surface area contributed by atoms with Crippen molar-refractivity contribution in [3.8, 4) is 0 Å². The van der Waals surface area contributed by atoms with Gasteiger partial charge in [-0.25, -0.2) is 4.63 Å². The Morgan fingerprint density at radius 3 is 2.71 bits per heavy atom. The van der Waals surface area contributed by atoms with Crippen LogP contribution in [0, 0.1) is 10.1 Å². The van der Waals surface area contributed by atoms with E-state index in [1.165, 1.54) is 18.7 Å². The number of carbonyl (C=O) groups excluding carboxylic acids is 1. The summed E-state index contributed by atoms with van der Waals surface area (Å²) in [6, 6.07) is 1.70. The van der Waals surface area contributed by atoms with Crippen LogP contribution in [0.3, 0.4) is 0 Å². The average molecular weight is 354 g/mol. The molecule has 1 aromatic carbocycles. The first-order valence-electron chi connectivity index (χ1n) is 7.26. The number of likely N-dealkylation sites (N-methyl/N-ethyl adjacent to an activating group) is 1. The molecule has 0 saturated carbocycles. The number of esters is 1. The highest BCUT2D eigenvalue weighted by atomic mass is 32.2. The van der Waals surface area contributed by atoms with Gasteiger partial charge < -0.3 is 9.64 Å². The van der Waals surface area contributed by atoms with Gasteiger partial charge in [0.2, 0.25) is 5.52 Å². The first-order chi connectivity index (χ1) is 11.3. The van der Waals surface area contributed by atoms with Crippen molar-refractivity contribution < 1.29 is 19.1 Å². The van der Waals surface area contributed by atoms with Crippen molar-refractivity contribution in [1.82, 2.24) is 10.3 Å². The molecule has 0 aliphatic heterocycles. The highest BCUT2D eigenvalue weighted by Crippen LogP contribution is 2.40. The normalized spacial score (nSPS) is 11.0. The topological polar surface area (TPSA) is 112 Å². The van der Waals surface area contributed by atoms with E-state index in [0.717, 1.165) is 4.90 Å². The van der Waals surface area contributed by atoms with Gasteiger partial charge in [0.05, 0.1) is 11.5 Å². The second kappa shape index (κ2) is 7.47. The summed E-state index contributed by atoms with van der Waals surface area (Å²) < 4.78 is 9.62. The number of rotatable bonds is 7. The minimum absolute atomic E-state index is 0.111. The van der Waals surface area contributed by atoms with Crippen LogP contribution in [0.25, 0.3) is 11.0 Å². The summed E-state index contributed by atoms with van der Waals surface area (Å²) >= 11 is 1.52. The van der Waals surface area contributed by atoms with Crippen molar-refractivity contribution in [2.75, 3.05) is 25.1 Å². The third kappa shape index (κ3) is 3.94. The standard InChI is InChI=1S/C14H18N4O5S/c1-8(2)24-11-7-10(17(4)5-6-22-9(3)19)14(18(20)21)13-12(11)15-23-16-13/h7-8H,5-6H2,1-4H3. The lowest BCUT2D eigenvalue weighted by Gasteiger charge is -2.20. The maximum atomic E-state index is 11.5. The first kappa shape index (κ1) is 18.0. The number of nitrogens with zero attached hydrogens (tertiary/aromatic N) is 4. The molecule has 0 aliphatic carbocycles. The second-order valence-electron chi connectivity index (χ2n) is 5.39. The van der Waals surface area contributed by atoms with Crippen LogP contribution >= 0.6 is 11.8 Å². The van der Waals surface area contributed by atoms with Crippen LogP contribution in [0.15, 0.2) is 15.6 Å². The van der Waals surface area contributed by atoms with E-state index >= 15 is 0 Å². The number of thioether (sulfide) groups is 1. The molecular formula is C14H18N4O5S. The Labute approximate surface area is 142 Å². The van der Waals surface area contributed by atoms with Gasteiger partial charge in [0.25, 0.3) is 0 Å². The fourth-order valence-electron chi connectivity index (χ4n) is 2.15. The van der Waals surface area contributed by atoms with Gasteiger partial charge in [-0.05, 0) is 16.4 Å². The lowest BCUT2D eigenvalue weighted by Crippen LogP contribution is -2.24. The van der Waals surface area contributed by atoms with Crippen molar-refractivity contribution in [3.63, 3.8) is 0 Å². The number of nitro benzene ring substituents is 1. The molecule has 2 rings (SSSR count). The lowest BCUT2D eigenvalue weighted by atomic mass is 10.2. The molecule has 24 heavy (non-hydrogen) atoms. The fourth-order valence-corrected chi connectivity index (χ4v) is 3.08. The molecule has 0 saturated heterocycles. The molecule has 0 amide bonds. The van der Waals surface area contributed by atoms with Crippen molar-refractivity contribution in [2.24, 2.45) is 0 Å². The molecular weight excluding hydrogens is 336 g/mol. The Morgan fingerprint density at radius 2 is 2.12 bits per heavy atom. The van der Waals surface area contributed by atoms with E-state index in [1.54, 1.807) is 18.0 Å². The molecule has 2 aromatic rings. The maximum Gasteiger partial charge on any atom is 0.323 e. The molecule has 0 bridgehead atoms. The van der Waals surface area contributed by atoms with E-state index in [9.17, 15) is 14.9 Å². The quantitative estimate of drug-likeness (QED) is 0.320. The zero-order valence-corrected chi connectivity index (χ0v) is 14.6. The van der Waals surface area contributed by atoms with E-state index in [2.05, 4.69) is 10.3 Å². The average Bonchev–Trinajstić information content (AvgIpc) is 2.94. The van der Waals surface area contributed by atoms with E-state index in [0.29, 0.717) is 17.7 Å². The number of ether oxygens (including phenoxy) is 1. The lowest BCUT2D eigenvalue weighted by molar-refractivity contribution is -0.382. The van der Waals surface area contributed by atoms with Crippen LogP contribution in [0.5, 0.6) is 0 Å². The molecule has 0 unspecified atom stereocenters.